The van der Waals surface area contributed by atoms with Gasteiger partial charge in [0.25, 0.3) is 0 Å². The van der Waals surface area contributed by atoms with E-state index in [0.29, 0.717) is 5.41 Å². The summed E-state index contributed by atoms with van der Waals surface area (Å²) in [6.45, 7) is 11.5. The molecule has 0 aromatic carbocycles. The molecule has 0 aliphatic carbocycles. The summed E-state index contributed by atoms with van der Waals surface area (Å²) in [5, 5.41) is 0.821. The maximum absolute atomic E-state index is 5.73. The van der Waals surface area contributed by atoms with Gasteiger partial charge < -0.3 is 10.6 Å². The van der Waals surface area contributed by atoms with Crippen LogP contribution in [0, 0.1) is 5.41 Å². The number of thioether (sulfide) groups is 1. The van der Waals surface area contributed by atoms with Crippen LogP contribution in [0.2, 0.25) is 0 Å². The molecule has 0 spiro atoms. The molecule has 0 radical (unpaired) electrons. The lowest BCUT2D eigenvalue weighted by atomic mass is 9.88. The molecule has 1 heterocycles. The summed E-state index contributed by atoms with van der Waals surface area (Å²) in [7, 11) is 0. The third kappa shape index (κ3) is 5.23. The van der Waals surface area contributed by atoms with Crippen LogP contribution in [-0.4, -0.2) is 42.1 Å². The second-order valence-corrected chi connectivity index (χ2v) is 7.00. The lowest BCUT2D eigenvalue weighted by Crippen LogP contribution is -2.37. The van der Waals surface area contributed by atoms with Crippen molar-refractivity contribution in [3.63, 3.8) is 0 Å². The van der Waals surface area contributed by atoms with Gasteiger partial charge in [-0.05, 0) is 31.3 Å². The minimum Gasteiger partial charge on any atom is -0.330 e. The van der Waals surface area contributed by atoms with Crippen molar-refractivity contribution in [1.29, 1.82) is 0 Å². The zero-order chi connectivity index (χ0) is 11.3. The quantitative estimate of drug-likeness (QED) is 0.785. The maximum atomic E-state index is 5.73. The first-order chi connectivity index (χ1) is 7.03. The van der Waals surface area contributed by atoms with Crippen molar-refractivity contribution in [2.75, 3.05) is 31.9 Å². The molecule has 0 bridgehead atoms. The normalized spacial score (nSPS) is 24.4. The topological polar surface area (TPSA) is 29.3 Å². The summed E-state index contributed by atoms with van der Waals surface area (Å²) in [5.41, 5.74) is 6.06. The van der Waals surface area contributed by atoms with Gasteiger partial charge in [-0.3, -0.25) is 0 Å². The number of hydrogen-bond donors (Lipinski definition) is 1. The third-order valence-corrected chi connectivity index (χ3v) is 4.34. The van der Waals surface area contributed by atoms with Crippen LogP contribution in [0.25, 0.3) is 0 Å². The van der Waals surface area contributed by atoms with E-state index in [2.05, 4.69) is 37.4 Å². The minimum atomic E-state index is 0.330. The lowest BCUT2D eigenvalue weighted by molar-refractivity contribution is 0.251. The van der Waals surface area contributed by atoms with E-state index < -0.39 is 0 Å². The number of rotatable bonds is 5. The molecule has 2 N–H and O–H groups in total. The monoisotopic (exact) mass is 230 g/mol. The summed E-state index contributed by atoms with van der Waals surface area (Å²) < 4.78 is 0. The molecule has 1 fully saturated rings. The summed E-state index contributed by atoms with van der Waals surface area (Å²) in [6, 6.07) is 0. The predicted octanol–water partition coefficient (Wildman–Crippen LogP) is 2.19. The average molecular weight is 230 g/mol. The molecule has 1 atom stereocenters. The molecule has 3 heteroatoms. The fraction of sp³-hybridized carbons (Fsp3) is 1.00. The molecule has 1 saturated heterocycles. The third-order valence-electron chi connectivity index (χ3n) is 3.21. The molecule has 1 aliphatic rings. The molecule has 0 aromatic rings. The molecule has 0 amide bonds. The standard InChI is InChI=1S/C12H26N2S/c1-11-9-14(7-8-15-11)6-4-5-12(2,3)10-13/h11H,4-10,13H2,1-3H3. The van der Waals surface area contributed by atoms with E-state index in [1.54, 1.807) is 0 Å². The first-order valence-corrected chi connectivity index (χ1v) is 7.12. The Morgan fingerprint density at radius 3 is 2.80 bits per heavy atom. The van der Waals surface area contributed by atoms with Gasteiger partial charge >= 0.3 is 0 Å². The Bertz CT molecular complexity index is 182. The first kappa shape index (κ1) is 13.3. The number of nitrogens with zero attached hydrogens (tertiary/aromatic N) is 1. The predicted molar refractivity (Wildman–Crippen MR) is 70.4 cm³/mol. The van der Waals surface area contributed by atoms with Gasteiger partial charge in [0.05, 0.1) is 0 Å². The van der Waals surface area contributed by atoms with Crippen LogP contribution in [0.4, 0.5) is 0 Å². The lowest BCUT2D eigenvalue weighted by Gasteiger charge is -2.31. The zero-order valence-corrected chi connectivity index (χ0v) is 11.3. The second kappa shape index (κ2) is 6.12. The molecule has 2 nitrogen and oxygen atoms in total. The number of nitrogens with two attached hydrogens (primary N) is 1. The highest BCUT2D eigenvalue weighted by Crippen LogP contribution is 2.22. The van der Waals surface area contributed by atoms with E-state index in [-0.39, 0.29) is 0 Å². The Morgan fingerprint density at radius 2 is 2.20 bits per heavy atom. The SMILES string of the molecule is CC1CN(CCCC(C)(C)CN)CCS1. The van der Waals surface area contributed by atoms with Gasteiger partial charge in [-0.15, -0.1) is 0 Å². The van der Waals surface area contributed by atoms with E-state index >= 15 is 0 Å². The molecule has 1 rings (SSSR count). The van der Waals surface area contributed by atoms with Crippen LogP contribution in [-0.2, 0) is 0 Å². The summed E-state index contributed by atoms with van der Waals surface area (Å²) in [4.78, 5) is 2.60. The van der Waals surface area contributed by atoms with E-state index in [0.717, 1.165) is 11.8 Å². The Kier molecular flexibility index (Phi) is 5.44. The van der Waals surface area contributed by atoms with Crippen LogP contribution < -0.4 is 5.73 Å². The maximum Gasteiger partial charge on any atom is 0.0147 e. The Labute approximate surface area is 99.0 Å². The van der Waals surface area contributed by atoms with Gasteiger partial charge in [-0.2, -0.15) is 11.8 Å². The van der Waals surface area contributed by atoms with Crippen molar-refractivity contribution >= 4 is 11.8 Å². The van der Waals surface area contributed by atoms with Gasteiger partial charge in [0, 0.05) is 24.1 Å². The van der Waals surface area contributed by atoms with Crippen molar-refractivity contribution in [2.24, 2.45) is 11.1 Å². The molecule has 0 saturated carbocycles. The molecule has 15 heavy (non-hydrogen) atoms. The van der Waals surface area contributed by atoms with Crippen molar-refractivity contribution in [3.8, 4) is 0 Å². The summed E-state index contributed by atoms with van der Waals surface area (Å²) >= 11 is 2.10. The fourth-order valence-electron chi connectivity index (χ4n) is 1.98. The van der Waals surface area contributed by atoms with Crippen LogP contribution in [0.15, 0.2) is 0 Å². The molecular formula is C12H26N2S. The number of hydrogen-bond acceptors (Lipinski definition) is 3. The Balaban J connectivity index is 2.14. The smallest absolute Gasteiger partial charge is 0.0147 e. The zero-order valence-electron chi connectivity index (χ0n) is 10.5. The highest BCUT2D eigenvalue weighted by atomic mass is 32.2. The first-order valence-electron chi connectivity index (χ1n) is 6.07. The van der Waals surface area contributed by atoms with E-state index in [9.17, 15) is 0 Å². The van der Waals surface area contributed by atoms with Crippen LogP contribution in [0.1, 0.15) is 33.6 Å². The second-order valence-electron chi connectivity index (χ2n) is 5.45. The van der Waals surface area contributed by atoms with Crippen molar-refractivity contribution in [2.45, 2.75) is 38.9 Å². The van der Waals surface area contributed by atoms with Gasteiger partial charge in [0.1, 0.15) is 0 Å². The van der Waals surface area contributed by atoms with Crippen LogP contribution in [0.3, 0.4) is 0 Å². The highest BCUT2D eigenvalue weighted by Gasteiger charge is 2.18. The Morgan fingerprint density at radius 1 is 1.47 bits per heavy atom. The van der Waals surface area contributed by atoms with Crippen molar-refractivity contribution in [3.05, 3.63) is 0 Å². The fourth-order valence-corrected chi connectivity index (χ4v) is 3.06. The molecule has 1 aliphatic heterocycles. The van der Waals surface area contributed by atoms with Crippen LogP contribution >= 0.6 is 11.8 Å². The van der Waals surface area contributed by atoms with E-state index in [1.807, 2.05) is 0 Å². The highest BCUT2D eigenvalue weighted by molar-refractivity contribution is 7.99. The van der Waals surface area contributed by atoms with Crippen LogP contribution in [0.5, 0.6) is 0 Å². The molecule has 1 unspecified atom stereocenters. The molecule has 0 aromatic heterocycles. The molecular weight excluding hydrogens is 204 g/mol. The van der Waals surface area contributed by atoms with E-state index in [1.165, 1.54) is 38.2 Å². The minimum absolute atomic E-state index is 0.330. The van der Waals surface area contributed by atoms with Crippen molar-refractivity contribution < 1.29 is 0 Å². The average Bonchev–Trinajstić information content (AvgIpc) is 2.18. The largest absolute Gasteiger partial charge is 0.330 e. The van der Waals surface area contributed by atoms with Crippen molar-refractivity contribution in [1.82, 2.24) is 4.90 Å². The van der Waals surface area contributed by atoms with E-state index in [4.69, 9.17) is 5.73 Å². The van der Waals surface area contributed by atoms with Gasteiger partial charge in [-0.1, -0.05) is 20.8 Å². The summed E-state index contributed by atoms with van der Waals surface area (Å²) in [5.74, 6) is 1.31. The van der Waals surface area contributed by atoms with Gasteiger partial charge in [0.15, 0.2) is 0 Å². The summed E-state index contributed by atoms with van der Waals surface area (Å²) in [6.07, 6.45) is 2.54. The Hall–Kier alpha value is 0.270. The van der Waals surface area contributed by atoms with Gasteiger partial charge in [0.2, 0.25) is 0 Å². The van der Waals surface area contributed by atoms with Gasteiger partial charge in [-0.25, -0.2) is 0 Å². The molecule has 90 valence electrons.